The van der Waals surface area contributed by atoms with Crippen LogP contribution in [0.25, 0.3) is 0 Å². The van der Waals surface area contributed by atoms with E-state index in [2.05, 4.69) is 16.2 Å². The van der Waals surface area contributed by atoms with E-state index in [0.717, 1.165) is 6.92 Å². The summed E-state index contributed by atoms with van der Waals surface area (Å²) in [4.78, 5) is 16.3. The van der Waals surface area contributed by atoms with Crippen LogP contribution in [0.3, 0.4) is 0 Å². The van der Waals surface area contributed by atoms with Gasteiger partial charge in [-0.3, -0.25) is 9.69 Å². The van der Waals surface area contributed by atoms with Crippen LogP contribution in [0, 0.1) is 35.5 Å². The summed E-state index contributed by atoms with van der Waals surface area (Å²) in [5.41, 5.74) is 2.14. The number of nitrogens with one attached hydrogen (secondary N) is 3. The third-order valence-corrected chi connectivity index (χ3v) is 10.4. The number of fused-ring (bicyclic) bond motifs is 1. The number of likely N-dealkylation sites (tertiary alicyclic amines) is 1. The van der Waals surface area contributed by atoms with Crippen LogP contribution in [0.4, 0.5) is 30.7 Å². The molecule has 1 amide bonds. The van der Waals surface area contributed by atoms with Crippen molar-refractivity contribution >= 4 is 5.91 Å². The molecule has 3 aliphatic heterocycles. The van der Waals surface area contributed by atoms with Crippen LogP contribution in [0.2, 0.25) is 0 Å². The fraction of sp³-hybridized carbons (Fsp3) is 0.962. The van der Waals surface area contributed by atoms with Gasteiger partial charge in [0.15, 0.2) is 5.67 Å². The predicted octanol–water partition coefficient (Wildman–Crippen LogP) is 3.84. The monoisotopic (exact) mass is 571 g/mol. The van der Waals surface area contributed by atoms with Crippen molar-refractivity contribution in [3.05, 3.63) is 0 Å². The van der Waals surface area contributed by atoms with Crippen molar-refractivity contribution < 1.29 is 35.5 Å². The minimum absolute atomic E-state index is 0.0200. The van der Waals surface area contributed by atoms with E-state index in [1.807, 2.05) is 0 Å². The molecule has 13 heteroatoms. The topological polar surface area (TPSA) is 59.6 Å². The van der Waals surface area contributed by atoms with Gasteiger partial charge in [-0.05, 0) is 76.8 Å². The fourth-order valence-electron chi connectivity index (χ4n) is 8.13. The van der Waals surface area contributed by atoms with Crippen LogP contribution in [0.15, 0.2) is 0 Å². The van der Waals surface area contributed by atoms with Crippen LogP contribution in [-0.2, 0) is 4.79 Å². The second kappa shape index (κ2) is 10.6. The van der Waals surface area contributed by atoms with Crippen LogP contribution in [0.5, 0.6) is 0 Å². The molecule has 3 N–H and O–H groups in total. The van der Waals surface area contributed by atoms with E-state index in [4.69, 9.17) is 0 Å². The summed E-state index contributed by atoms with van der Waals surface area (Å²) < 4.78 is 104. The minimum atomic E-state index is -4.50. The first kappa shape index (κ1) is 29.3. The van der Waals surface area contributed by atoms with Gasteiger partial charge >= 0.3 is 12.1 Å². The molecular weight excluding hydrogens is 531 g/mol. The Balaban J connectivity index is 1.33. The third-order valence-electron chi connectivity index (χ3n) is 10.4. The van der Waals surface area contributed by atoms with Gasteiger partial charge in [-0.15, -0.1) is 0 Å². The van der Waals surface area contributed by atoms with E-state index >= 15 is 13.2 Å². The summed E-state index contributed by atoms with van der Waals surface area (Å²) in [5, 5.41) is 2.96. The molecule has 5 fully saturated rings. The first-order valence-corrected chi connectivity index (χ1v) is 14.2. The smallest absolute Gasteiger partial charge is 0.339 e. The molecule has 224 valence electrons. The Morgan fingerprint density at radius 3 is 2.33 bits per heavy atom. The quantitative estimate of drug-likeness (QED) is 0.438. The van der Waals surface area contributed by atoms with Gasteiger partial charge in [0.2, 0.25) is 5.91 Å². The Morgan fingerprint density at radius 2 is 1.69 bits per heavy atom. The summed E-state index contributed by atoms with van der Waals surface area (Å²) in [7, 11) is 1.46. The lowest BCUT2D eigenvalue weighted by Crippen LogP contribution is -2.62. The number of carbonyl (C=O) groups is 1. The Morgan fingerprint density at radius 1 is 0.949 bits per heavy atom. The number of piperidine rings is 1. The molecule has 0 spiro atoms. The van der Waals surface area contributed by atoms with E-state index in [-0.39, 0.29) is 63.7 Å². The summed E-state index contributed by atoms with van der Waals surface area (Å²) >= 11 is 0. The largest absolute Gasteiger partial charge is 0.392 e. The van der Waals surface area contributed by atoms with Crippen molar-refractivity contribution in [1.29, 1.82) is 0 Å². The maximum atomic E-state index is 16.0. The minimum Gasteiger partial charge on any atom is -0.339 e. The molecule has 5 aliphatic rings. The molecule has 10 atom stereocenters. The van der Waals surface area contributed by atoms with Crippen LogP contribution in [-0.4, -0.2) is 85.2 Å². The van der Waals surface area contributed by atoms with Gasteiger partial charge in [0, 0.05) is 31.0 Å². The first-order chi connectivity index (χ1) is 18.2. The summed E-state index contributed by atoms with van der Waals surface area (Å²) in [6, 6.07) is -0.584. The molecule has 0 aromatic heterocycles. The molecule has 6 nitrogen and oxygen atoms in total. The van der Waals surface area contributed by atoms with Gasteiger partial charge in [0.1, 0.15) is 12.3 Å². The zero-order chi connectivity index (χ0) is 28.3. The van der Waals surface area contributed by atoms with Crippen molar-refractivity contribution in [3.63, 3.8) is 0 Å². The van der Waals surface area contributed by atoms with Gasteiger partial charge in [-0.1, -0.05) is 6.42 Å². The third kappa shape index (κ3) is 5.30. The first-order valence-electron chi connectivity index (χ1n) is 14.2. The Bertz CT molecular complexity index is 904. The Labute approximate surface area is 224 Å². The molecule has 0 radical (unpaired) electrons. The predicted molar refractivity (Wildman–Crippen MR) is 130 cm³/mol. The summed E-state index contributed by atoms with van der Waals surface area (Å²) in [5.74, 6) is -9.34. The molecule has 0 aromatic rings. The van der Waals surface area contributed by atoms with Crippen LogP contribution >= 0.6 is 0 Å². The van der Waals surface area contributed by atoms with E-state index in [0.29, 0.717) is 19.4 Å². The molecule has 9 unspecified atom stereocenters. The molecule has 0 aromatic carbocycles. The number of alkyl halides is 7. The summed E-state index contributed by atoms with van der Waals surface area (Å²) in [6.45, 7) is 1.55. The normalized spacial score (nSPS) is 42.4. The zero-order valence-corrected chi connectivity index (χ0v) is 22.4. The highest BCUT2D eigenvalue weighted by molar-refractivity contribution is 5.82. The number of hydrazine groups is 1. The highest BCUT2D eigenvalue weighted by Crippen LogP contribution is 2.54. The SMILES string of the molecule is CN1CNNC1C(F)(F)[C@](C)(F)C1CCCC(N2CC3C(CC(C4CNCC(F)C4)CC3C(F)(F)F)C2=O)C1. The average Bonchev–Trinajstić information content (AvgIpc) is 3.46. The highest BCUT2D eigenvalue weighted by atomic mass is 19.4. The van der Waals surface area contributed by atoms with Gasteiger partial charge in [0.25, 0.3) is 0 Å². The average molecular weight is 572 g/mol. The number of halogens is 7. The second-order valence-electron chi connectivity index (χ2n) is 12.7. The molecule has 3 saturated heterocycles. The highest BCUT2D eigenvalue weighted by Gasteiger charge is 2.63. The van der Waals surface area contributed by atoms with Crippen molar-refractivity contribution in [3.8, 4) is 0 Å². The number of carbonyl (C=O) groups excluding carboxylic acids is 1. The number of amides is 1. The molecular formula is C26H40F7N5O. The van der Waals surface area contributed by atoms with Crippen LogP contribution in [0.1, 0.15) is 51.9 Å². The Hall–Kier alpha value is -1.18. The number of nitrogens with zero attached hydrogens (tertiary/aromatic N) is 2. The van der Waals surface area contributed by atoms with Crippen molar-refractivity contribution in [2.24, 2.45) is 35.5 Å². The van der Waals surface area contributed by atoms with Gasteiger partial charge in [-0.25, -0.2) is 19.6 Å². The van der Waals surface area contributed by atoms with Crippen molar-refractivity contribution in [2.45, 2.75) is 88.0 Å². The Kier molecular flexibility index (Phi) is 7.95. The molecule has 0 bridgehead atoms. The standard InChI is InChI=1S/C26H40F7N5O/c1-24(28,25(29,30)23-36-35-13-37(23)2)16-4-3-5-18(9-16)38-12-20-19(22(38)39)7-14(8-21(20)26(31,32)33)15-6-17(27)11-34-10-15/h14-21,23,34-36H,3-13H2,1-2H3/t14?,15?,16?,17?,18?,19?,20?,21?,23?,24-/m1/s1. The molecule has 2 saturated carbocycles. The van der Waals surface area contributed by atoms with E-state index in [1.54, 1.807) is 0 Å². The second-order valence-corrected chi connectivity index (χ2v) is 12.7. The van der Waals surface area contributed by atoms with E-state index in [9.17, 15) is 22.4 Å². The number of hydrogen-bond donors (Lipinski definition) is 3. The number of hydrogen-bond acceptors (Lipinski definition) is 5. The van der Waals surface area contributed by atoms with E-state index < -0.39 is 65.7 Å². The lowest BCUT2D eigenvalue weighted by molar-refractivity contribution is -0.206. The molecule has 39 heavy (non-hydrogen) atoms. The fourth-order valence-corrected chi connectivity index (χ4v) is 8.13. The molecule has 2 aliphatic carbocycles. The lowest BCUT2D eigenvalue weighted by atomic mass is 9.64. The molecule has 5 rings (SSSR count). The maximum Gasteiger partial charge on any atom is 0.392 e. The van der Waals surface area contributed by atoms with Crippen LogP contribution < -0.4 is 16.2 Å². The van der Waals surface area contributed by atoms with Crippen molar-refractivity contribution in [2.75, 3.05) is 33.4 Å². The van der Waals surface area contributed by atoms with Gasteiger partial charge in [0.05, 0.1) is 12.6 Å². The van der Waals surface area contributed by atoms with Gasteiger partial charge < -0.3 is 10.2 Å². The summed E-state index contributed by atoms with van der Waals surface area (Å²) in [6.07, 6.45) is -5.80. The van der Waals surface area contributed by atoms with Gasteiger partial charge in [-0.2, -0.15) is 22.0 Å². The lowest BCUT2D eigenvalue weighted by Gasteiger charge is -2.45. The van der Waals surface area contributed by atoms with E-state index in [1.165, 1.54) is 16.8 Å². The molecule has 3 heterocycles. The number of rotatable bonds is 5. The maximum absolute atomic E-state index is 16.0. The van der Waals surface area contributed by atoms with Crippen molar-refractivity contribution in [1.82, 2.24) is 26.0 Å². The zero-order valence-electron chi connectivity index (χ0n) is 22.4.